The summed E-state index contributed by atoms with van der Waals surface area (Å²) >= 11 is 0. The van der Waals surface area contributed by atoms with Crippen molar-refractivity contribution in [3.05, 3.63) is 18.6 Å². The molecule has 0 aromatic carbocycles. The van der Waals surface area contributed by atoms with E-state index in [0.717, 1.165) is 0 Å². The lowest BCUT2D eigenvalue weighted by molar-refractivity contribution is -0.119. The van der Waals surface area contributed by atoms with Gasteiger partial charge in [0.15, 0.2) is 5.82 Å². The smallest absolute Gasteiger partial charge is 0.246 e. The molecule has 0 aliphatic rings. The molecule has 3 N–H and O–H groups in total. The third-order valence-corrected chi connectivity index (χ3v) is 2.40. The number of amides is 2. The van der Waals surface area contributed by atoms with Gasteiger partial charge in [0, 0.05) is 12.1 Å². The Hall–Kier alpha value is -2.71. The molecule has 0 bridgehead atoms. The van der Waals surface area contributed by atoms with Crippen LogP contribution in [0.4, 0.5) is 11.5 Å². The van der Waals surface area contributed by atoms with Gasteiger partial charge in [-0.2, -0.15) is 5.10 Å². The molecule has 2 aromatic heterocycles. The number of carbonyl (C=O) groups is 2. The lowest BCUT2D eigenvalue weighted by Crippen LogP contribution is -2.19. The molecular formula is C11H15N7O2. The first kappa shape index (κ1) is 13.7. The Morgan fingerprint density at radius 1 is 1.40 bits per heavy atom. The van der Waals surface area contributed by atoms with Crippen molar-refractivity contribution in [3.8, 4) is 0 Å². The van der Waals surface area contributed by atoms with E-state index in [4.69, 9.17) is 0 Å². The molecule has 0 fully saturated rings. The van der Waals surface area contributed by atoms with Crippen LogP contribution in [0.5, 0.6) is 0 Å². The molecule has 20 heavy (non-hydrogen) atoms. The van der Waals surface area contributed by atoms with Gasteiger partial charge in [-0.25, -0.2) is 4.68 Å². The number of aromatic nitrogens is 5. The zero-order valence-electron chi connectivity index (χ0n) is 11.1. The fourth-order valence-electron chi connectivity index (χ4n) is 1.37. The zero-order valence-corrected chi connectivity index (χ0v) is 11.1. The predicted octanol–water partition coefficient (Wildman–Crippen LogP) is 0.234. The summed E-state index contributed by atoms with van der Waals surface area (Å²) in [6.45, 7) is 3.55. The number of hydrogen-bond acceptors (Lipinski definition) is 5. The predicted molar refractivity (Wildman–Crippen MR) is 70.7 cm³/mol. The molecule has 0 aliphatic carbocycles. The number of aromatic amines is 1. The second-order valence-corrected chi connectivity index (χ2v) is 4.48. The summed E-state index contributed by atoms with van der Waals surface area (Å²) in [5.74, 6) is -0.248. The first-order valence-corrected chi connectivity index (χ1v) is 6.04. The summed E-state index contributed by atoms with van der Waals surface area (Å²) in [7, 11) is 0. The quantitative estimate of drug-likeness (QED) is 0.723. The molecule has 2 aromatic rings. The van der Waals surface area contributed by atoms with Crippen molar-refractivity contribution < 1.29 is 9.59 Å². The van der Waals surface area contributed by atoms with E-state index >= 15 is 0 Å². The minimum atomic E-state index is -0.266. The third kappa shape index (κ3) is 3.64. The molecular weight excluding hydrogens is 262 g/mol. The van der Waals surface area contributed by atoms with Crippen LogP contribution in [0.3, 0.4) is 0 Å². The van der Waals surface area contributed by atoms with Gasteiger partial charge in [-0.15, -0.1) is 5.10 Å². The highest BCUT2D eigenvalue weighted by Gasteiger charge is 2.11. The number of nitrogens with one attached hydrogen (secondary N) is 3. The lowest BCUT2D eigenvalue weighted by Gasteiger charge is -2.03. The number of H-pyrrole nitrogens is 1. The Kier molecular flexibility index (Phi) is 4.08. The van der Waals surface area contributed by atoms with E-state index in [2.05, 4.69) is 31.1 Å². The second kappa shape index (κ2) is 5.95. The van der Waals surface area contributed by atoms with Crippen LogP contribution in [0.15, 0.2) is 18.6 Å². The molecule has 2 rings (SSSR count). The van der Waals surface area contributed by atoms with Crippen LogP contribution in [0.25, 0.3) is 0 Å². The van der Waals surface area contributed by atoms with Crippen LogP contribution >= 0.6 is 0 Å². The van der Waals surface area contributed by atoms with E-state index in [1.54, 1.807) is 20.0 Å². The molecule has 0 spiro atoms. The Balaban J connectivity index is 1.89. The average Bonchev–Trinajstić information content (AvgIpc) is 3.01. The van der Waals surface area contributed by atoms with Gasteiger partial charge in [0.05, 0.1) is 18.1 Å². The van der Waals surface area contributed by atoms with Crippen molar-refractivity contribution in [2.75, 3.05) is 10.6 Å². The monoisotopic (exact) mass is 277 g/mol. The Bertz CT molecular complexity index is 588. The topological polar surface area (TPSA) is 118 Å². The number of anilines is 2. The van der Waals surface area contributed by atoms with Gasteiger partial charge in [0.25, 0.3) is 0 Å². The highest BCUT2D eigenvalue weighted by molar-refractivity contribution is 5.91. The second-order valence-electron chi connectivity index (χ2n) is 4.48. The highest BCUT2D eigenvalue weighted by atomic mass is 16.2. The van der Waals surface area contributed by atoms with E-state index < -0.39 is 0 Å². The molecule has 2 amide bonds. The van der Waals surface area contributed by atoms with E-state index in [1.165, 1.54) is 17.1 Å². The lowest BCUT2D eigenvalue weighted by atomic mass is 10.2. The maximum Gasteiger partial charge on any atom is 0.246 e. The standard InChI is InChI=1S/C11H15N7O2/c1-7(2)11(20)15-9-5-18(17-16-9)6-10(19)14-8-3-12-13-4-8/h3-5,7H,6H2,1-2H3,(H,12,13)(H,14,19)(H,15,20). The van der Waals surface area contributed by atoms with E-state index in [1.807, 2.05) is 0 Å². The van der Waals surface area contributed by atoms with Gasteiger partial charge in [-0.05, 0) is 0 Å². The van der Waals surface area contributed by atoms with Crippen LogP contribution < -0.4 is 10.6 Å². The fourth-order valence-corrected chi connectivity index (χ4v) is 1.37. The number of rotatable bonds is 5. The van der Waals surface area contributed by atoms with Gasteiger partial charge in [-0.1, -0.05) is 19.1 Å². The minimum Gasteiger partial charge on any atom is -0.322 e. The molecule has 2 heterocycles. The van der Waals surface area contributed by atoms with Crippen molar-refractivity contribution in [3.63, 3.8) is 0 Å². The first-order valence-electron chi connectivity index (χ1n) is 6.04. The largest absolute Gasteiger partial charge is 0.322 e. The normalized spacial score (nSPS) is 10.6. The third-order valence-electron chi connectivity index (χ3n) is 2.40. The molecule has 9 nitrogen and oxygen atoms in total. The van der Waals surface area contributed by atoms with Gasteiger partial charge in [-0.3, -0.25) is 14.7 Å². The number of hydrogen-bond donors (Lipinski definition) is 3. The maximum atomic E-state index is 11.7. The Morgan fingerprint density at radius 2 is 2.20 bits per heavy atom. The molecule has 0 unspecified atom stereocenters. The van der Waals surface area contributed by atoms with E-state index in [-0.39, 0.29) is 24.3 Å². The zero-order chi connectivity index (χ0) is 14.5. The van der Waals surface area contributed by atoms with Crippen molar-refractivity contribution >= 4 is 23.3 Å². The van der Waals surface area contributed by atoms with Crippen LogP contribution in [0.1, 0.15) is 13.8 Å². The van der Waals surface area contributed by atoms with Crippen molar-refractivity contribution in [2.45, 2.75) is 20.4 Å². The van der Waals surface area contributed by atoms with Crippen molar-refractivity contribution in [2.24, 2.45) is 5.92 Å². The van der Waals surface area contributed by atoms with E-state index in [9.17, 15) is 9.59 Å². The van der Waals surface area contributed by atoms with Crippen LogP contribution in [-0.2, 0) is 16.1 Å². The minimum absolute atomic E-state index is 0.00424. The van der Waals surface area contributed by atoms with E-state index in [0.29, 0.717) is 11.5 Å². The molecule has 0 radical (unpaired) electrons. The van der Waals surface area contributed by atoms with Gasteiger partial charge in [0.2, 0.25) is 11.8 Å². The van der Waals surface area contributed by atoms with Gasteiger partial charge < -0.3 is 10.6 Å². The Labute approximate surface area is 114 Å². The number of carbonyl (C=O) groups excluding carboxylic acids is 2. The van der Waals surface area contributed by atoms with Crippen molar-refractivity contribution in [1.29, 1.82) is 0 Å². The average molecular weight is 277 g/mol. The highest BCUT2D eigenvalue weighted by Crippen LogP contribution is 2.05. The summed E-state index contributed by atoms with van der Waals surface area (Å²) < 4.78 is 1.34. The fraction of sp³-hybridized carbons (Fsp3) is 0.364. The molecule has 0 saturated heterocycles. The maximum absolute atomic E-state index is 11.7. The first-order chi connectivity index (χ1) is 9.54. The van der Waals surface area contributed by atoms with Crippen LogP contribution in [0.2, 0.25) is 0 Å². The Morgan fingerprint density at radius 3 is 2.85 bits per heavy atom. The number of nitrogens with zero attached hydrogens (tertiary/aromatic N) is 4. The summed E-state index contributed by atoms with van der Waals surface area (Å²) in [4.78, 5) is 23.2. The van der Waals surface area contributed by atoms with Crippen LogP contribution in [-0.4, -0.2) is 37.0 Å². The molecule has 0 saturated carbocycles. The molecule has 0 atom stereocenters. The van der Waals surface area contributed by atoms with Gasteiger partial charge in [0.1, 0.15) is 6.54 Å². The summed E-state index contributed by atoms with van der Waals surface area (Å²) in [5, 5.41) is 19.1. The summed E-state index contributed by atoms with van der Waals surface area (Å²) in [6, 6.07) is 0. The SMILES string of the molecule is CC(C)C(=O)Nc1cn(CC(=O)Nc2cn[nH]c2)nn1. The molecule has 9 heteroatoms. The summed E-state index contributed by atoms with van der Waals surface area (Å²) in [5.41, 5.74) is 0.573. The van der Waals surface area contributed by atoms with Crippen molar-refractivity contribution in [1.82, 2.24) is 25.2 Å². The van der Waals surface area contributed by atoms with Crippen LogP contribution in [0, 0.1) is 5.92 Å². The summed E-state index contributed by atoms with van der Waals surface area (Å²) in [6.07, 6.45) is 4.55. The molecule has 0 aliphatic heterocycles. The molecule has 106 valence electrons. The van der Waals surface area contributed by atoms with Gasteiger partial charge >= 0.3 is 0 Å².